The highest BCUT2D eigenvalue weighted by atomic mass is 35.5. The second-order valence-electron chi connectivity index (χ2n) is 11.7. The number of benzene rings is 1. The van der Waals surface area contributed by atoms with E-state index in [1.807, 2.05) is 32.9 Å². The Balaban J connectivity index is 1.49. The molecule has 3 amide bonds. The molecule has 1 spiro atoms. The maximum absolute atomic E-state index is 14.0. The van der Waals surface area contributed by atoms with Crippen molar-refractivity contribution < 1.29 is 19.1 Å². The third-order valence-corrected chi connectivity index (χ3v) is 8.83. The van der Waals surface area contributed by atoms with Crippen molar-refractivity contribution in [2.24, 2.45) is 11.8 Å². The predicted molar refractivity (Wildman–Crippen MR) is 139 cm³/mol. The van der Waals surface area contributed by atoms with Crippen LogP contribution in [0.25, 0.3) is 0 Å². The van der Waals surface area contributed by atoms with Gasteiger partial charge in [-0.3, -0.25) is 14.4 Å². The van der Waals surface area contributed by atoms with Crippen LogP contribution in [0.15, 0.2) is 30.4 Å². The SMILES string of the molecule is CC(C)(C)N1C(=O)[C@@H]2[C@@H](C(=O)Nc3ccc(Cl)c(Cl)c3)[C@]3(C)C=C[C@@]2(O3)[C@@H]1C(=O)NC1CCCCC1. The fourth-order valence-corrected chi connectivity index (χ4v) is 6.87. The van der Waals surface area contributed by atoms with Gasteiger partial charge in [0.05, 0.1) is 27.5 Å². The Kier molecular flexibility index (Phi) is 6.21. The first-order valence-electron chi connectivity index (χ1n) is 12.7. The second-order valence-corrected chi connectivity index (χ2v) is 12.5. The Labute approximate surface area is 221 Å². The average molecular weight is 534 g/mol. The quantitative estimate of drug-likeness (QED) is 0.548. The van der Waals surface area contributed by atoms with Gasteiger partial charge in [-0.25, -0.2) is 0 Å². The lowest BCUT2D eigenvalue weighted by atomic mass is 9.70. The summed E-state index contributed by atoms with van der Waals surface area (Å²) < 4.78 is 6.56. The van der Waals surface area contributed by atoms with Crippen molar-refractivity contribution in [3.63, 3.8) is 0 Å². The van der Waals surface area contributed by atoms with Crippen LogP contribution in [0.4, 0.5) is 5.69 Å². The van der Waals surface area contributed by atoms with E-state index < -0.39 is 34.6 Å². The van der Waals surface area contributed by atoms with Gasteiger partial charge in [0.25, 0.3) is 0 Å². The van der Waals surface area contributed by atoms with Gasteiger partial charge in [0.2, 0.25) is 17.7 Å². The van der Waals surface area contributed by atoms with Crippen molar-refractivity contribution in [2.75, 3.05) is 5.32 Å². The summed E-state index contributed by atoms with van der Waals surface area (Å²) in [5.41, 5.74) is -2.40. The van der Waals surface area contributed by atoms with Crippen LogP contribution in [0.2, 0.25) is 10.0 Å². The number of likely N-dealkylation sites (tertiary alicyclic amines) is 1. The molecule has 3 aliphatic heterocycles. The van der Waals surface area contributed by atoms with E-state index in [1.165, 1.54) is 6.42 Å². The van der Waals surface area contributed by atoms with Crippen LogP contribution >= 0.6 is 23.2 Å². The molecule has 5 rings (SSSR count). The summed E-state index contributed by atoms with van der Waals surface area (Å²) in [7, 11) is 0. The Bertz CT molecular complexity index is 1140. The van der Waals surface area contributed by atoms with Crippen molar-refractivity contribution in [3.8, 4) is 0 Å². The summed E-state index contributed by atoms with van der Waals surface area (Å²) in [4.78, 5) is 43.2. The molecule has 3 fully saturated rings. The highest BCUT2D eigenvalue weighted by Gasteiger charge is 2.77. The molecule has 3 heterocycles. The molecule has 2 saturated heterocycles. The third kappa shape index (κ3) is 3.95. The van der Waals surface area contributed by atoms with Crippen molar-refractivity contribution in [1.29, 1.82) is 0 Å². The number of nitrogens with zero attached hydrogens (tertiary/aromatic N) is 1. The number of anilines is 1. The highest BCUT2D eigenvalue weighted by molar-refractivity contribution is 6.42. The van der Waals surface area contributed by atoms with Crippen molar-refractivity contribution in [2.45, 2.75) is 88.6 Å². The Hall–Kier alpha value is -2.09. The van der Waals surface area contributed by atoms with E-state index in [-0.39, 0.29) is 23.8 Å². The van der Waals surface area contributed by atoms with Gasteiger partial charge in [0.1, 0.15) is 11.6 Å². The van der Waals surface area contributed by atoms with Gasteiger partial charge in [0, 0.05) is 17.3 Å². The van der Waals surface area contributed by atoms with Crippen molar-refractivity contribution in [1.82, 2.24) is 10.2 Å². The maximum atomic E-state index is 14.0. The number of nitrogens with one attached hydrogen (secondary N) is 2. The number of carbonyl (C=O) groups is 3. The first-order valence-corrected chi connectivity index (χ1v) is 13.4. The number of fused-ring (bicyclic) bond motifs is 1. The molecule has 36 heavy (non-hydrogen) atoms. The summed E-state index contributed by atoms with van der Waals surface area (Å²) in [6.45, 7) is 7.53. The van der Waals surface area contributed by atoms with Gasteiger partial charge in [-0.05, 0) is 58.7 Å². The van der Waals surface area contributed by atoms with Gasteiger partial charge >= 0.3 is 0 Å². The first kappa shape index (κ1) is 25.6. The number of ether oxygens (including phenoxy) is 1. The number of halogens is 2. The summed E-state index contributed by atoms with van der Waals surface area (Å²) in [6.07, 6.45) is 8.88. The number of hydrogen-bond acceptors (Lipinski definition) is 4. The molecule has 1 saturated carbocycles. The van der Waals surface area contributed by atoms with E-state index >= 15 is 0 Å². The smallest absolute Gasteiger partial charge is 0.246 e. The van der Waals surface area contributed by atoms with Gasteiger partial charge in [-0.1, -0.05) is 54.6 Å². The minimum Gasteiger partial charge on any atom is -0.356 e. The minimum atomic E-state index is -1.21. The molecule has 5 atom stereocenters. The lowest BCUT2D eigenvalue weighted by Gasteiger charge is -2.41. The molecule has 0 unspecified atom stereocenters. The lowest BCUT2D eigenvalue weighted by molar-refractivity contribution is -0.149. The molecule has 2 bridgehead atoms. The van der Waals surface area contributed by atoms with Crippen molar-refractivity contribution in [3.05, 3.63) is 40.4 Å². The standard InChI is InChI=1S/C27H33Cl2N3O4/c1-25(2,3)32-21(23(34)30-15-8-6-5-7-9-15)27-13-12-26(4,36-27)19(20(27)24(32)35)22(33)31-16-10-11-17(28)18(29)14-16/h10-15,19-21H,5-9H2,1-4H3,(H,30,34)(H,31,33)/t19-,20-,21-,26-,27-/m0/s1. The van der Waals surface area contributed by atoms with Gasteiger partial charge < -0.3 is 20.3 Å². The van der Waals surface area contributed by atoms with Gasteiger partial charge in [-0.2, -0.15) is 0 Å². The van der Waals surface area contributed by atoms with Gasteiger partial charge in [-0.15, -0.1) is 0 Å². The largest absolute Gasteiger partial charge is 0.356 e. The van der Waals surface area contributed by atoms with E-state index in [0.29, 0.717) is 15.7 Å². The summed E-state index contributed by atoms with van der Waals surface area (Å²) >= 11 is 12.2. The zero-order valence-electron chi connectivity index (χ0n) is 21.1. The molecule has 194 valence electrons. The molecule has 1 aromatic carbocycles. The van der Waals surface area contributed by atoms with Crippen LogP contribution in [0.1, 0.15) is 59.8 Å². The molecule has 1 aliphatic carbocycles. The van der Waals surface area contributed by atoms with Gasteiger partial charge in [0.15, 0.2) is 0 Å². The van der Waals surface area contributed by atoms with E-state index in [2.05, 4.69) is 10.6 Å². The first-order chi connectivity index (χ1) is 16.9. The van der Waals surface area contributed by atoms with E-state index in [1.54, 1.807) is 30.0 Å². The Morgan fingerprint density at radius 2 is 1.75 bits per heavy atom. The second kappa shape index (κ2) is 8.74. The summed E-state index contributed by atoms with van der Waals surface area (Å²) in [5.74, 6) is -2.46. The number of amides is 3. The molecule has 9 heteroatoms. The van der Waals surface area contributed by atoms with Crippen LogP contribution in [0.5, 0.6) is 0 Å². The average Bonchev–Trinajstić information content (AvgIpc) is 3.37. The fourth-order valence-electron chi connectivity index (χ4n) is 6.57. The molecule has 0 aromatic heterocycles. The molecule has 1 aromatic rings. The summed E-state index contributed by atoms with van der Waals surface area (Å²) in [6, 6.07) is 4.06. The normalized spacial score (nSPS) is 33.7. The molecule has 7 nitrogen and oxygen atoms in total. The predicted octanol–water partition coefficient (Wildman–Crippen LogP) is 4.72. The number of carbonyl (C=O) groups excluding carboxylic acids is 3. The van der Waals surface area contributed by atoms with E-state index in [4.69, 9.17) is 27.9 Å². The van der Waals surface area contributed by atoms with Crippen LogP contribution < -0.4 is 10.6 Å². The van der Waals surface area contributed by atoms with E-state index in [0.717, 1.165) is 25.7 Å². The van der Waals surface area contributed by atoms with Crippen LogP contribution in [-0.4, -0.2) is 51.4 Å². The van der Waals surface area contributed by atoms with Crippen LogP contribution in [0.3, 0.4) is 0 Å². The molecular weight excluding hydrogens is 501 g/mol. The highest BCUT2D eigenvalue weighted by Crippen LogP contribution is 2.60. The fraction of sp³-hybridized carbons (Fsp3) is 0.593. The monoisotopic (exact) mass is 533 g/mol. The summed E-state index contributed by atoms with van der Waals surface area (Å²) in [5, 5.41) is 6.79. The van der Waals surface area contributed by atoms with E-state index in [9.17, 15) is 14.4 Å². The zero-order valence-corrected chi connectivity index (χ0v) is 22.6. The molecular formula is C27H33Cl2N3O4. The Morgan fingerprint density at radius 1 is 1.06 bits per heavy atom. The number of hydrogen-bond donors (Lipinski definition) is 2. The topological polar surface area (TPSA) is 87.7 Å². The molecule has 4 aliphatic rings. The number of rotatable bonds is 4. The van der Waals surface area contributed by atoms with Crippen LogP contribution in [0, 0.1) is 11.8 Å². The Morgan fingerprint density at radius 3 is 2.39 bits per heavy atom. The van der Waals surface area contributed by atoms with Crippen LogP contribution in [-0.2, 0) is 19.1 Å². The minimum absolute atomic E-state index is 0.0885. The lowest BCUT2D eigenvalue weighted by Crippen LogP contribution is -2.60. The maximum Gasteiger partial charge on any atom is 0.246 e. The zero-order chi connectivity index (χ0) is 26.0. The van der Waals surface area contributed by atoms with Crippen molar-refractivity contribution >= 4 is 46.6 Å². The molecule has 0 radical (unpaired) electrons. The molecule has 2 N–H and O–H groups in total. The third-order valence-electron chi connectivity index (χ3n) is 8.09.